The maximum absolute atomic E-state index is 13.3. The molecule has 3 rings (SSSR count). The van der Waals surface area contributed by atoms with Crippen molar-refractivity contribution in [2.24, 2.45) is 0 Å². The largest absolute Gasteiger partial charge is 0.456 e. The average molecular weight is 443 g/mol. The van der Waals surface area contributed by atoms with Gasteiger partial charge in [0, 0.05) is 6.20 Å². The van der Waals surface area contributed by atoms with E-state index in [-0.39, 0.29) is 28.6 Å². The first kappa shape index (κ1) is 21.5. The Balaban J connectivity index is 1.90. The van der Waals surface area contributed by atoms with Crippen LogP contribution in [0.4, 0.5) is 5.69 Å². The minimum absolute atomic E-state index is 0.0414. The summed E-state index contributed by atoms with van der Waals surface area (Å²) in [6.07, 6.45) is 3.07. The highest BCUT2D eigenvalue weighted by Gasteiger charge is 2.26. The zero-order valence-corrected chi connectivity index (χ0v) is 17.5. The van der Waals surface area contributed by atoms with Gasteiger partial charge in [-0.25, -0.2) is 13.2 Å². The summed E-state index contributed by atoms with van der Waals surface area (Å²) in [5.74, 6) is -0.738. The molecule has 154 valence electrons. The summed E-state index contributed by atoms with van der Waals surface area (Å²) in [6.45, 7) is 3.65. The topological polar surface area (TPSA) is 76.6 Å². The first-order valence-corrected chi connectivity index (χ1v) is 10.8. The number of aromatic nitrogens is 1. The van der Waals surface area contributed by atoms with Gasteiger partial charge in [-0.15, -0.1) is 6.58 Å². The van der Waals surface area contributed by atoms with Crippen LogP contribution in [0, 0.1) is 0 Å². The van der Waals surface area contributed by atoms with E-state index in [0.717, 1.165) is 0 Å². The van der Waals surface area contributed by atoms with Gasteiger partial charge in [0.15, 0.2) is 0 Å². The molecule has 0 radical (unpaired) electrons. The lowest BCUT2D eigenvalue weighted by atomic mass is 10.2. The van der Waals surface area contributed by atoms with Gasteiger partial charge in [0.25, 0.3) is 10.0 Å². The summed E-state index contributed by atoms with van der Waals surface area (Å²) in [7, 11) is -3.97. The van der Waals surface area contributed by atoms with Gasteiger partial charge in [-0.3, -0.25) is 9.29 Å². The number of carbonyl (C=O) groups excluding carboxylic acids is 1. The van der Waals surface area contributed by atoms with Crippen molar-refractivity contribution in [1.29, 1.82) is 0 Å². The number of sulfonamides is 1. The van der Waals surface area contributed by atoms with Gasteiger partial charge >= 0.3 is 5.97 Å². The number of rotatable bonds is 8. The van der Waals surface area contributed by atoms with Crippen LogP contribution in [-0.4, -0.2) is 25.9 Å². The van der Waals surface area contributed by atoms with Gasteiger partial charge in [-0.2, -0.15) is 0 Å². The van der Waals surface area contributed by atoms with E-state index >= 15 is 0 Å². The van der Waals surface area contributed by atoms with E-state index in [1.54, 1.807) is 54.7 Å². The predicted molar refractivity (Wildman–Crippen MR) is 116 cm³/mol. The van der Waals surface area contributed by atoms with Gasteiger partial charge in [-0.1, -0.05) is 41.9 Å². The molecule has 0 N–H and O–H groups in total. The van der Waals surface area contributed by atoms with Crippen LogP contribution in [0.15, 0.2) is 90.5 Å². The Labute approximate surface area is 180 Å². The number of nitrogens with zero attached hydrogens (tertiary/aromatic N) is 2. The minimum atomic E-state index is -3.97. The zero-order chi connectivity index (χ0) is 21.6. The van der Waals surface area contributed by atoms with Gasteiger partial charge < -0.3 is 4.74 Å². The molecule has 0 fully saturated rings. The molecule has 6 nitrogen and oxygen atoms in total. The molecule has 0 bridgehead atoms. The summed E-state index contributed by atoms with van der Waals surface area (Å²) in [5.41, 5.74) is 0.999. The van der Waals surface area contributed by atoms with Crippen LogP contribution in [0.3, 0.4) is 0 Å². The Morgan fingerprint density at radius 1 is 1.10 bits per heavy atom. The normalized spacial score (nSPS) is 11.0. The predicted octanol–water partition coefficient (Wildman–Crippen LogP) is 4.47. The van der Waals surface area contributed by atoms with E-state index < -0.39 is 16.0 Å². The van der Waals surface area contributed by atoms with E-state index in [1.165, 1.54) is 28.6 Å². The van der Waals surface area contributed by atoms with Crippen LogP contribution in [0.2, 0.25) is 5.02 Å². The Morgan fingerprint density at radius 3 is 2.50 bits per heavy atom. The number of hydrogen-bond acceptors (Lipinski definition) is 5. The molecule has 1 heterocycles. The number of anilines is 1. The molecule has 0 aliphatic rings. The average Bonchev–Trinajstić information content (AvgIpc) is 2.77. The molecule has 3 aromatic rings. The maximum Gasteiger partial charge on any atom is 0.340 e. The molecule has 0 aliphatic carbocycles. The quantitative estimate of drug-likeness (QED) is 0.380. The fourth-order valence-corrected chi connectivity index (χ4v) is 4.36. The van der Waals surface area contributed by atoms with Crippen LogP contribution in [-0.2, 0) is 21.4 Å². The summed E-state index contributed by atoms with van der Waals surface area (Å²) in [6, 6.07) is 17.8. The Hall–Kier alpha value is -3.16. The maximum atomic E-state index is 13.3. The standard InChI is InChI=1S/C22H19ClN2O4S/c1-2-14-25(18-9-4-3-5-10-18)30(27,28)19-11-12-21(23)20(15-19)22(26)29-16-17-8-6-7-13-24-17/h2-13,15H,1,14,16H2. The number of benzene rings is 2. The molecule has 0 aliphatic heterocycles. The third kappa shape index (κ3) is 4.87. The van der Waals surface area contributed by atoms with Crippen LogP contribution in [0.5, 0.6) is 0 Å². The number of ether oxygens (including phenoxy) is 1. The monoisotopic (exact) mass is 442 g/mol. The molecule has 30 heavy (non-hydrogen) atoms. The number of hydrogen-bond donors (Lipinski definition) is 0. The third-order valence-corrected chi connectivity index (χ3v) is 6.28. The molecule has 0 atom stereocenters. The number of halogens is 1. The number of pyridine rings is 1. The van der Waals surface area contributed by atoms with Crippen LogP contribution in [0.25, 0.3) is 0 Å². The van der Waals surface area contributed by atoms with Crippen molar-refractivity contribution in [2.45, 2.75) is 11.5 Å². The molecule has 0 amide bonds. The Morgan fingerprint density at radius 2 is 1.83 bits per heavy atom. The second-order valence-corrected chi connectivity index (χ2v) is 8.47. The van der Waals surface area contributed by atoms with Crippen molar-refractivity contribution in [2.75, 3.05) is 10.8 Å². The van der Waals surface area contributed by atoms with Crippen molar-refractivity contribution in [1.82, 2.24) is 4.98 Å². The van der Waals surface area contributed by atoms with Gasteiger partial charge in [-0.05, 0) is 42.5 Å². The summed E-state index contributed by atoms with van der Waals surface area (Å²) >= 11 is 6.14. The zero-order valence-electron chi connectivity index (χ0n) is 15.9. The fraction of sp³-hybridized carbons (Fsp3) is 0.0909. The fourth-order valence-electron chi connectivity index (χ4n) is 2.70. The van der Waals surface area contributed by atoms with Crippen molar-refractivity contribution in [3.8, 4) is 0 Å². The molecule has 8 heteroatoms. The lowest BCUT2D eigenvalue weighted by Crippen LogP contribution is -2.31. The summed E-state index contributed by atoms with van der Waals surface area (Å²) < 4.78 is 33.0. The lowest BCUT2D eigenvalue weighted by molar-refractivity contribution is 0.0467. The lowest BCUT2D eigenvalue weighted by Gasteiger charge is -2.23. The molecule has 0 unspecified atom stereocenters. The van der Waals surface area contributed by atoms with Crippen molar-refractivity contribution in [3.05, 3.63) is 102 Å². The third-order valence-electron chi connectivity index (χ3n) is 4.16. The van der Waals surface area contributed by atoms with E-state index in [4.69, 9.17) is 16.3 Å². The minimum Gasteiger partial charge on any atom is -0.456 e. The van der Waals surface area contributed by atoms with Crippen LogP contribution in [0.1, 0.15) is 16.1 Å². The number of carbonyl (C=O) groups is 1. The SMILES string of the molecule is C=CCN(c1ccccc1)S(=O)(=O)c1ccc(Cl)c(C(=O)OCc2ccccn2)c1. The second kappa shape index (κ2) is 9.56. The second-order valence-electron chi connectivity index (χ2n) is 6.20. The highest BCUT2D eigenvalue weighted by Crippen LogP contribution is 2.27. The van der Waals surface area contributed by atoms with Crippen LogP contribution < -0.4 is 4.31 Å². The van der Waals surface area contributed by atoms with Crippen molar-refractivity contribution in [3.63, 3.8) is 0 Å². The molecule has 2 aromatic carbocycles. The van der Waals surface area contributed by atoms with Gasteiger partial charge in [0.2, 0.25) is 0 Å². The van der Waals surface area contributed by atoms with E-state index in [2.05, 4.69) is 11.6 Å². The molecule has 1 aromatic heterocycles. The van der Waals surface area contributed by atoms with Crippen molar-refractivity contribution >= 4 is 33.3 Å². The van der Waals surface area contributed by atoms with E-state index in [0.29, 0.717) is 11.4 Å². The first-order chi connectivity index (χ1) is 14.4. The number of esters is 1. The van der Waals surface area contributed by atoms with E-state index in [1.807, 2.05) is 0 Å². The molecular formula is C22H19ClN2O4S. The molecular weight excluding hydrogens is 424 g/mol. The highest BCUT2D eigenvalue weighted by molar-refractivity contribution is 7.92. The molecule has 0 saturated heterocycles. The Kier molecular flexibility index (Phi) is 6.87. The summed E-state index contributed by atoms with van der Waals surface area (Å²) in [4.78, 5) is 16.5. The highest BCUT2D eigenvalue weighted by atomic mass is 35.5. The van der Waals surface area contributed by atoms with Gasteiger partial charge in [0.05, 0.1) is 33.4 Å². The molecule has 0 saturated carbocycles. The molecule has 0 spiro atoms. The van der Waals surface area contributed by atoms with Crippen LogP contribution >= 0.6 is 11.6 Å². The van der Waals surface area contributed by atoms with Gasteiger partial charge in [0.1, 0.15) is 6.61 Å². The van der Waals surface area contributed by atoms with E-state index in [9.17, 15) is 13.2 Å². The van der Waals surface area contributed by atoms with Crippen molar-refractivity contribution < 1.29 is 17.9 Å². The first-order valence-electron chi connectivity index (χ1n) is 8.99. The smallest absolute Gasteiger partial charge is 0.340 e. The Bertz CT molecular complexity index is 1140. The number of para-hydroxylation sites is 1. The summed E-state index contributed by atoms with van der Waals surface area (Å²) in [5, 5.41) is 0.0925.